The summed E-state index contributed by atoms with van der Waals surface area (Å²) in [6.07, 6.45) is 0. The number of hydrogen-bond donors (Lipinski definition) is 1. The Hall–Kier alpha value is -2.43. The van der Waals surface area contributed by atoms with Crippen LogP contribution in [0.25, 0.3) is 0 Å². The van der Waals surface area contributed by atoms with E-state index in [1.807, 2.05) is 60.7 Å². The Morgan fingerprint density at radius 2 is 1.25 bits per heavy atom. The maximum Gasteiger partial charge on any atom is 0.364 e. The normalized spacial score (nSPS) is 12.5. The third kappa shape index (κ3) is 5.09. The molecule has 0 heterocycles. The molecule has 0 aromatic heterocycles. The molecule has 1 N–H and O–H groups in total. The lowest BCUT2D eigenvalue weighted by Gasteiger charge is -2.25. The molecule has 0 saturated carbocycles. The highest BCUT2D eigenvalue weighted by Crippen LogP contribution is 2.61. The van der Waals surface area contributed by atoms with Crippen LogP contribution in [0.3, 0.4) is 0 Å². The van der Waals surface area contributed by atoms with Crippen LogP contribution in [-0.4, -0.2) is 12.2 Å². The van der Waals surface area contributed by atoms with E-state index in [1.54, 1.807) is 24.3 Å². The minimum absolute atomic E-state index is 0.0547. The van der Waals surface area contributed by atoms with Gasteiger partial charge in [0.15, 0.2) is 5.85 Å². The zero-order chi connectivity index (χ0) is 19.8. The highest BCUT2D eigenvalue weighted by Gasteiger charge is 2.38. The van der Waals surface area contributed by atoms with Gasteiger partial charge in [0.05, 0.1) is 20.3 Å². The molecule has 1 atom stereocenters. The molecule has 3 rings (SSSR count). The minimum atomic E-state index is -3.93. The van der Waals surface area contributed by atoms with Crippen molar-refractivity contribution in [2.75, 3.05) is 7.11 Å². The van der Waals surface area contributed by atoms with Gasteiger partial charge < -0.3 is 18.9 Å². The molecule has 0 saturated heterocycles. The minimum Gasteiger partial charge on any atom is -0.496 e. The smallest absolute Gasteiger partial charge is 0.364 e. The van der Waals surface area contributed by atoms with Crippen molar-refractivity contribution in [1.82, 2.24) is 0 Å². The summed E-state index contributed by atoms with van der Waals surface area (Å²) in [5.41, 5.74) is 2.02. The predicted molar refractivity (Wildman–Crippen MR) is 108 cm³/mol. The standard InChI is InChI=1S/C22H23O5P/c1-25-21-15-9-8-14-20(21)22(23)28(24,26-16-18-10-4-2-5-11-18)27-17-19-12-6-3-7-13-19/h2-15,22-23H,16-17H2,1H3. The Balaban J connectivity index is 1.85. The fourth-order valence-corrected chi connectivity index (χ4v) is 4.28. The molecule has 0 radical (unpaired) electrons. The van der Waals surface area contributed by atoms with Crippen LogP contribution in [0.2, 0.25) is 0 Å². The van der Waals surface area contributed by atoms with E-state index in [1.165, 1.54) is 7.11 Å². The Morgan fingerprint density at radius 1 is 0.786 bits per heavy atom. The highest BCUT2D eigenvalue weighted by molar-refractivity contribution is 7.54. The van der Waals surface area contributed by atoms with E-state index in [0.717, 1.165) is 11.1 Å². The average Bonchev–Trinajstić information content (AvgIpc) is 2.77. The lowest BCUT2D eigenvalue weighted by molar-refractivity contribution is 0.131. The molecule has 0 fully saturated rings. The Bertz CT molecular complexity index is 867. The maximum absolute atomic E-state index is 13.6. The molecule has 28 heavy (non-hydrogen) atoms. The largest absolute Gasteiger partial charge is 0.496 e. The summed E-state index contributed by atoms with van der Waals surface area (Å²) >= 11 is 0. The van der Waals surface area contributed by atoms with Crippen molar-refractivity contribution in [3.8, 4) is 5.75 Å². The van der Waals surface area contributed by atoms with E-state index >= 15 is 0 Å². The number of methoxy groups -OCH3 is 1. The fourth-order valence-electron chi connectivity index (χ4n) is 2.71. The van der Waals surface area contributed by atoms with Crippen LogP contribution in [0.5, 0.6) is 5.75 Å². The molecule has 3 aromatic rings. The first-order chi connectivity index (χ1) is 13.6. The lowest BCUT2D eigenvalue weighted by Crippen LogP contribution is -2.08. The highest BCUT2D eigenvalue weighted by atomic mass is 31.2. The van der Waals surface area contributed by atoms with Crippen LogP contribution >= 0.6 is 7.60 Å². The second kappa shape index (κ2) is 9.67. The number of aliphatic hydroxyl groups excluding tert-OH is 1. The number of rotatable bonds is 9. The third-order valence-corrected chi connectivity index (χ3v) is 6.08. The van der Waals surface area contributed by atoms with Gasteiger partial charge in [-0.15, -0.1) is 0 Å². The van der Waals surface area contributed by atoms with Crippen LogP contribution in [0.4, 0.5) is 0 Å². The van der Waals surface area contributed by atoms with Crippen molar-refractivity contribution < 1.29 is 23.5 Å². The molecule has 1 unspecified atom stereocenters. The fraction of sp³-hybridized carbons (Fsp3) is 0.182. The average molecular weight is 398 g/mol. The first-order valence-electron chi connectivity index (χ1n) is 8.90. The second-order valence-corrected chi connectivity index (χ2v) is 8.26. The van der Waals surface area contributed by atoms with Gasteiger partial charge in [0, 0.05) is 5.56 Å². The van der Waals surface area contributed by atoms with E-state index < -0.39 is 13.4 Å². The summed E-state index contributed by atoms with van der Waals surface area (Å²) in [6, 6.07) is 25.5. The van der Waals surface area contributed by atoms with Crippen LogP contribution < -0.4 is 4.74 Å². The Morgan fingerprint density at radius 3 is 1.75 bits per heavy atom. The lowest BCUT2D eigenvalue weighted by atomic mass is 10.2. The van der Waals surface area contributed by atoms with E-state index in [2.05, 4.69) is 0 Å². The quantitative estimate of drug-likeness (QED) is 0.495. The SMILES string of the molecule is COc1ccccc1C(O)P(=O)(OCc1ccccc1)OCc1ccccc1. The van der Waals surface area contributed by atoms with Gasteiger partial charge in [-0.1, -0.05) is 78.9 Å². The Labute approximate surface area is 165 Å². The van der Waals surface area contributed by atoms with Crippen molar-refractivity contribution in [3.05, 3.63) is 102 Å². The van der Waals surface area contributed by atoms with Crippen molar-refractivity contribution in [2.45, 2.75) is 19.1 Å². The molecular weight excluding hydrogens is 375 g/mol. The van der Waals surface area contributed by atoms with Crippen LogP contribution in [0.15, 0.2) is 84.9 Å². The Kier molecular flexibility index (Phi) is 7.01. The van der Waals surface area contributed by atoms with Crippen LogP contribution in [0.1, 0.15) is 22.5 Å². The van der Waals surface area contributed by atoms with Crippen molar-refractivity contribution in [2.24, 2.45) is 0 Å². The molecule has 0 aliphatic carbocycles. The molecule has 0 aliphatic rings. The predicted octanol–water partition coefficient (Wildman–Crippen LogP) is 5.31. The summed E-state index contributed by atoms with van der Waals surface area (Å²) in [6.45, 7) is 0.109. The van der Waals surface area contributed by atoms with Gasteiger partial charge in [-0.05, 0) is 17.2 Å². The van der Waals surface area contributed by atoms with Crippen molar-refractivity contribution in [1.29, 1.82) is 0 Å². The van der Waals surface area contributed by atoms with E-state index in [4.69, 9.17) is 13.8 Å². The summed E-state index contributed by atoms with van der Waals surface area (Å²) in [7, 11) is -2.44. The molecular formula is C22H23O5P. The molecule has 5 nitrogen and oxygen atoms in total. The summed E-state index contributed by atoms with van der Waals surface area (Å²) in [5, 5.41) is 10.9. The molecule has 0 aliphatic heterocycles. The van der Waals surface area contributed by atoms with E-state index in [0.29, 0.717) is 11.3 Å². The number of ether oxygens (including phenoxy) is 1. The summed E-state index contributed by atoms with van der Waals surface area (Å²) < 4.78 is 30.2. The van der Waals surface area contributed by atoms with Crippen LogP contribution in [0, 0.1) is 0 Å². The van der Waals surface area contributed by atoms with E-state index in [-0.39, 0.29) is 13.2 Å². The second-order valence-electron chi connectivity index (χ2n) is 6.17. The summed E-state index contributed by atoms with van der Waals surface area (Å²) in [5.74, 6) is -1.06. The molecule has 0 bridgehead atoms. The molecule has 0 spiro atoms. The maximum atomic E-state index is 13.6. The molecule has 3 aromatic carbocycles. The van der Waals surface area contributed by atoms with Gasteiger partial charge in [-0.25, -0.2) is 0 Å². The van der Waals surface area contributed by atoms with Crippen molar-refractivity contribution in [3.63, 3.8) is 0 Å². The van der Waals surface area contributed by atoms with Gasteiger partial charge in [0.25, 0.3) is 0 Å². The van der Waals surface area contributed by atoms with Gasteiger partial charge in [0.1, 0.15) is 5.75 Å². The van der Waals surface area contributed by atoms with Gasteiger partial charge in [-0.3, -0.25) is 4.57 Å². The number of benzene rings is 3. The first kappa shape index (κ1) is 20.3. The summed E-state index contributed by atoms with van der Waals surface area (Å²) in [4.78, 5) is 0. The monoisotopic (exact) mass is 398 g/mol. The van der Waals surface area contributed by atoms with Crippen molar-refractivity contribution >= 4 is 7.60 Å². The van der Waals surface area contributed by atoms with E-state index in [9.17, 15) is 9.67 Å². The molecule has 0 amide bonds. The van der Waals surface area contributed by atoms with Gasteiger partial charge in [-0.2, -0.15) is 0 Å². The van der Waals surface area contributed by atoms with Gasteiger partial charge in [0.2, 0.25) is 0 Å². The number of hydrogen-bond acceptors (Lipinski definition) is 5. The van der Waals surface area contributed by atoms with Gasteiger partial charge >= 0.3 is 7.60 Å². The number of para-hydroxylation sites is 1. The number of aliphatic hydroxyl groups is 1. The topological polar surface area (TPSA) is 65.0 Å². The zero-order valence-corrected chi connectivity index (χ0v) is 16.5. The molecule has 146 valence electrons. The zero-order valence-electron chi connectivity index (χ0n) is 15.6. The van der Waals surface area contributed by atoms with Crippen LogP contribution in [-0.2, 0) is 26.8 Å². The first-order valence-corrected chi connectivity index (χ1v) is 10.5. The molecule has 6 heteroatoms. The third-order valence-electron chi connectivity index (χ3n) is 4.22.